The normalized spacial score (nSPS) is 11.2. The lowest BCUT2D eigenvalue weighted by molar-refractivity contribution is 0.576. The fourth-order valence-electron chi connectivity index (χ4n) is 2.59. The van der Waals surface area contributed by atoms with Crippen LogP contribution in [-0.2, 0) is 0 Å². The first kappa shape index (κ1) is 10.3. The van der Waals surface area contributed by atoms with Gasteiger partial charge >= 0.3 is 0 Å². The Balaban J connectivity index is 2.27. The highest BCUT2D eigenvalue weighted by Gasteiger charge is 2.12. The van der Waals surface area contributed by atoms with Gasteiger partial charge in [0.15, 0.2) is 0 Å². The largest absolute Gasteiger partial charge is 0.444 e. The zero-order valence-electron chi connectivity index (χ0n) is 10.2. The highest BCUT2D eigenvalue weighted by Crippen LogP contribution is 2.35. The lowest BCUT2D eigenvalue weighted by atomic mass is 9.97. The molecule has 0 saturated carbocycles. The van der Waals surface area contributed by atoms with Crippen LogP contribution in [0.2, 0.25) is 0 Å². The molecule has 1 heterocycles. The first-order valence-corrected chi connectivity index (χ1v) is 6.24. The Kier molecular flexibility index (Phi) is 2.15. The maximum atomic E-state index is 5.52. The van der Waals surface area contributed by atoms with E-state index in [2.05, 4.69) is 47.4 Å². The van der Waals surface area contributed by atoms with E-state index in [1.165, 1.54) is 21.5 Å². The van der Waals surface area contributed by atoms with E-state index < -0.39 is 0 Å². The van der Waals surface area contributed by atoms with Crippen molar-refractivity contribution in [2.75, 3.05) is 0 Å². The lowest BCUT2D eigenvalue weighted by Gasteiger charge is -2.08. The van der Waals surface area contributed by atoms with Crippen molar-refractivity contribution in [1.29, 1.82) is 0 Å². The summed E-state index contributed by atoms with van der Waals surface area (Å²) < 4.78 is 5.52. The molecular weight excluding hydrogens is 234 g/mol. The number of hydrogen-bond acceptors (Lipinski definition) is 2. The third kappa shape index (κ3) is 1.54. The Hall–Kier alpha value is -2.61. The molecule has 4 aromatic rings. The molecule has 2 nitrogen and oxygen atoms in total. The average Bonchev–Trinajstić information content (AvgIpc) is 2.98. The number of oxazole rings is 1. The fraction of sp³-hybridized carbons (Fsp3) is 0. The summed E-state index contributed by atoms with van der Waals surface area (Å²) in [6, 6.07) is 18.9. The lowest BCUT2D eigenvalue weighted by Crippen LogP contribution is -1.85. The van der Waals surface area contributed by atoms with Gasteiger partial charge in [-0.05, 0) is 27.6 Å². The Labute approximate surface area is 110 Å². The molecule has 3 aromatic carbocycles. The highest BCUT2D eigenvalue weighted by molar-refractivity contribution is 6.11. The Morgan fingerprint density at radius 3 is 2.00 bits per heavy atom. The Morgan fingerprint density at radius 2 is 1.42 bits per heavy atom. The van der Waals surface area contributed by atoms with Crippen LogP contribution in [0.25, 0.3) is 33.0 Å². The van der Waals surface area contributed by atoms with E-state index in [0.29, 0.717) is 5.89 Å². The molecule has 2 heteroatoms. The second-order valence-electron chi connectivity index (χ2n) is 4.53. The summed E-state index contributed by atoms with van der Waals surface area (Å²) >= 11 is 0. The molecule has 0 N–H and O–H groups in total. The standard InChI is InChI=1S/C17H11NO/c1-3-7-14-12(5-1)11-13-6-2-4-8-15(13)16(14)17-18-9-10-19-17/h1-11H. The summed E-state index contributed by atoms with van der Waals surface area (Å²) in [7, 11) is 0. The summed E-state index contributed by atoms with van der Waals surface area (Å²) in [5, 5.41) is 4.75. The van der Waals surface area contributed by atoms with Gasteiger partial charge in [-0.3, -0.25) is 0 Å². The average molecular weight is 245 g/mol. The number of benzene rings is 3. The Bertz CT molecular complexity index is 809. The third-order valence-corrected chi connectivity index (χ3v) is 3.42. The van der Waals surface area contributed by atoms with E-state index in [1.54, 1.807) is 12.5 Å². The molecule has 0 bridgehead atoms. The first-order valence-electron chi connectivity index (χ1n) is 6.24. The third-order valence-electron chi connectivity index (χ3n) is 3.42. The second-order valence-corrected chi connectivity index (χ2v) is 4.53. The number of aromatic nitrogens is 1. The summed E-state index contributed by atoms with van der Waals surface area (Å²) in [5.41, 5.74) is 1.07. The van der Waals surface area contributed by atoms with Crippen molar-refractivity contribution in [2.24, 2.45) is 0 Å². The minimum absolute atomic E-state index is 0.674. The summed E-state index contributed by atoms with van der Waals surface area (Å²) in [6.07, 6.45) is 3.30. The van der Waals surface area contributed by atoms with Gasteiger partial charge in [0, 0.05) is 0 Å². The van der Waals surface area contributed by atoms with Crippen LogP contribution in [0.1, 0.15) is 0 Å². The summed E-state index contributed by atoms with van der Waals surface area (Å²) in [5.74, 6) is 0.674. The molecule has 0 unspecified atom stereocenters. The summed E-state index contributed by atoms with van der Waals surface area (Å²) in [6.45, 7) is 0. The molecule has 0 aliphatic carbocycles. The smallest absolute Gasteiger partial charge is 0.227 e. The summed E-state index contributed by atoms with van der Waals surface area (Å²) in [4.78, 5) is 4.32. The van der Waals surface area contributed by atoms with Crippen LogP contribution in [0.5, 0.6) is 0 Å². The van der Waals surface area contributed by atoms with Gasteiger partial charge < -0.3 is 4.42 Å². The van der Waals surface area contributed by atoms with Crippen LogP contribution in [-0.4, -0.2) is 4.98 Å². The van der Waals surface area contributed by atoms with Gasteiger partial charge in [0.1, 0.15) is 6.26 Å². The molecule has 0 atom stereocenters. The molecule has 0 spiro atoms. The van der Waals surface area contributed by atoms with Gasteiger partial charge in [-0.15, -0.1) is 0 Å². The van der Waals surface area contributed by atoms with E-state index in [1.807, 2.05) is 12.1 Å². The maximum absolute atomic E-state index is 5.52. The fourth-order valence-corrected chi connectivity index (χ4v) is 2.59. The monoisotopic (exact) mass is 245 g/mol. The SMILES string of the molecule is c1ccc2c(-c3ncco3)c3ccccc3cc2c1. The van der Waals surface area contributed by atoms with Gasteiger partial charge in [-0.2, -0.15) is 0 Å². The first-order chi connectivity index (χ1) is 9.43. The van der Waals surface area contributed by atoms with Gasteiger partial charge in [0.2, 0.25) is 5.89 Å². The van der Waals surface area contributed by atoms with Gasteiger partial charge in [0.25, 0.3) is 0 Å². The molecule has 90 valence electrons. The molecule has 1 aromatic heterocycles. The molecule has 0 aliphatic heterocycles. The van der Waals surface area contributed by atoms with Crippen LogP contribution >= 0.6 is 0 Å². The van der Waals surface area contributed by atoms with Crippen LogP contribution in [0.4, 0.5) is 0 Å². The molecule has 0 radical (unpaired) electrons. The minimum Gasteiger partial charge on any atom is -0.444 e. The van der Waals surface area contributed by atoms with Crippen LogP contribution in [0.15, 0.2) is 71.5 Å². The van der Waals surface area contributed by atoms with E-state index in [0.717, 1.165) is 5.56 Å². The van der Waals surface area contributed by atoms with Crippen molar-refractivity contribution in [1.82, 2.24) is 4.98 Å². The highest BCUT2D eigenvalue weighted by atomic mass is 16.3. The predicted molar refractivity (Wildman–Crippen MR) is 77.0 cm³/mol. The molecule has 0 fully saturated rings. The topological polar surface area (TPSA) is 26.0 Å². The van der Waals surface area contributed by atoms with Crippen molar-refractivity contribution in [3.05, 3.63) is 67.1 Å². The number of fused-ring (bicyclic) bond motifs is 2. The van der Waals surface area contributed by atoms with E-state index in [9.17, 15) is 0 Å². The quantitative estimate of drug-likeness (QED) is 0.456. The van der Waals surface area contributed by atoms with Crippen molar-refractivity contribution in [3.8, 4) is 11.5 Å². The van der Waals surface area contributed by atoms with Crippen molar-refractivity contribution < 1.29 is 4.42 Å². The number of nitrogens with zero attached hydrogens (tertiary/aromatic N) is 1. The molecule has 4 rings (SSSR count). The van der Waals surface area contributed by atoms with E-state index in [4.69, 9.17) is 4.42 Å². The van der Waals surface area contributed by atoms with Crippen molar-refractivity contribution >= 4 is 21.5 Å². The molecule has 0 amide bonds. The second kappa shape index (κ2) is 3.95. The van der Waals surface area contributed by atoms with Crippen molar-refractivity contribution in [2.45, 2.75) is 0 Å². The van der Waals surface area contributed by atoms with Crippen LogP contribution in [0, 0.1) is 0 Å². The van der Waals surface area contributed by atoms with E-state index in [-0.39, 0.29) is 0 Å². The van der Waals surface area contributed by atoms with E-state index >= 15 is 0 Å². The minimum atomic E-state index is 0.674. The van der Waals surface area contributed by atoms with Gasteiger partial charge in [-0.25, -0.2) is 4.98 Å². The van der Waals surface area contributed by atoms with Crippen LogP contribution in [0.3, 0.4) is 0 Å². The maximum Gasteiger partial charge on any atom is 0.227 e. The van der Waals surface area contributed by atoms with Crippen LogP contribution < -0.4 is 0 Å². The predicted octanol–water partition coefficient (Wildman–Crippen LogP) is 4.65. The van der Waals surface area contributed by atoms with Gasteiger partial charge in [0.05, 0.1) is 11.8 Å². The molecule has 0 saturated heterocycles. The number of hydrogen-bond donors (Lipinski definition) is 0. The molecule has 19 heavy (non-hydrogen) atoms. The zero-order valence-corrected chi connectivity index (χ0v) is 10.2. The molecule has 0 aliphatic rings. The number of rotatable bonds is 1. The van der Waals surface area contributed by atoms with Crippen molar-refractivity contribution in [3.63, 3.8) is 0 Å². The molecular formula is C17H11NO. The van der Waals surface area contributed by atoms with Gasteiger partial charge in [-0.1, -0.05) is 48.5 Å². The zero-order chi connectivity index (χ0) is 12.7. The Morgan fingerprint density at radius 1 is 0.789 bits per heavy atom.